The predicted octanol–water partition coefficient (Wildman–Crippen LogP) is 3.57. The smallest absolute Gasteiger partial charge is 0.183 e. The summed E-state index contributed by atoms with van der Waals surface area (Å²) < 4.78 is 55.0. The maximum atomic E-state index is 5.71. The summed E-state index contributed by atoms with van der Waals surface area (Å²) in [5, 5.41) is 0. The fourth-order valence-corrected chi connectivity index (χ4v) is 3.59. The minimum Gasteiger partial charge on any atom is -0.415 e. The van der Waals surface area contributed by atoms with E-state index in [2.05, 4.69) is 26.6 Å². The zero-order chi connectivity index (χ0) is 27.8. The Labute approximate surface area is 233 Å². The molecule has 10 nitrogen and oxygen atoms in total. The highest BCUT2D eigenvalue weighted by atomic mass is 28.4. The highest BCUT2D eigenvalue weighted by molar-refractivity contribution is 6.69. The monoisotopic (exact) mass is 570 g/mol. The van der Waals surface area contributed by atoms with Gasteiger partial charge in [0.15, 0.2) is 8.32 Å². The molecular weight excluding hydrogens is 512 g/mol. The summed E-state index contributed by atoms with van der Waals surface area (Å²) in [6, 6.07) is 0. The van der Waals surface area contributed by atoms with Crippen LogP contribution in [0.1, 0.15) is 32.6 Å². The van der Waals surface area contributed by atoms with E-state index in [0.29, 0.717) is 119 Å². The molecule has 0 N–H and O–H groups in total. The van der Waals surface area contributed by atoms with E-state index in [1.54, 1.807) is 0 Å². The summed E-state index contributed by atoms with van der Waals surface area (Å²) in [5.41, 5.74) is 0. The van der Waals surface area contributed by atoms with Crippen molar-refractivity contribution in [3.63, 3.8) is 0 Å². The van der Waals surface area contributed by atoms with Crippen molar-refractivity contribution in [1.82, 2.24) is 0 Å². The highest BCUT2D eigenvalue weighted by Gasteiger charge is 2.13. The Balaban J connectivity index is 3.04. The quantitative estimate of drug-likeness (QED) is 0.0861. The van der Waals surface area contributed by atoms with Crippen LogP contribution in [0, 0.1) is 0 Å². The minimum absolute atomic E-state index is 0.533. The summed E-state index contributed by atoms with van der Waals surface area (Å²) in [5.74, 6) is 0. The summed E-state index contributed by atoms with van der Waals surface area (Å²) in [7, 11) is -1.44. The summed E-state index contributed by atoms with van der Waals surface area (Å²) in [6.45, 7) is 19.7. The van der Waals surface area contributed by atoms with E-state index in [9.17, 15) is 0 Å². The Morgan fingerprint density at radius 3 is 0.842 bits per heavy atom. The van der Waals surface area contributed by atoms with Crippen molar-refractivity contribution in [3.05, 3.63) is 0 Å². The standard InChI is InChI=1S/C27H58O10Si/c1-5-6-7-8-9-28-10-11-29-12-13-30-14-15-31-16-17-32-18-19-33-20-21-34-22-23-35-24-25-36-26-27-37-38(2,3)4/h5-27H2,1-4H3. The maximum Gasteiger partial charge on any atom is 0.183 e. The van der Waals surface area contributed by atoms with Gasteiger partial charge in [0, 0.05) is 6.61 Å². The van der Waals surface area contributed by atoms with E-state index < -0.39 is 8.32 Å². The molecule has 0 saturated heterocycles. The summed E-state index contributed by atoms with van der Waals surface area (Å²) >= 11 is 0. The molecule has 0 spiro atoms. The third-order valence-corrected chi connectivity index (χ3v) is 5.95. The van der Waals surface area contributed by atoms with Gasteiger partial charge in [-0.25, -0.2) is 0 Å². The van der Waals surface area contributed by atoms with Crippen LogP contribution in [0.3, 0.4) is 0 Å². The van der Waals surface area contributed by atoms with E-state index >= 15 is 0 Å². The van der Waals surface area contributed by atoms with Gasteiger partial charge in [-0.05, 0) is 26.1 Å². The average Bonchev–Trinajstić information content (AvgIpc) is 2.88. The molecule has 38 heavy (non-hydrogen) atoms. The molecule has 0 saturated carbocycles. The van der Waals surface area contributed by atoms with Crippen LogP contribution in [0.5, 0.6) is 0 Å². The molecule has 0 rings (SSSR count). The van der Waals surface area contributed by atoms with Gasteiger partial charge in [-0.3, -0.25) is 0 Å². The fourth-order valence-electron chi connectivity index (χ4n) is 2.90. The van der Waals surface area contributed by atoms with Crippen molar-refractivity contribution in [1.29, 1.82) is 0 Å². The van der Waals surface area contributed by atoms with Gasteiger partial charge < -0.3 is 47.1 Å². The lowest BCUT2D eigenvalue weighted by molar-refractivity contribution is -0.0254. The van der Waals surface area contributed by atoms with E-state index in [0.717, 1.165) is 13.0 Å². The minimum atomic E-state index is -1.44. The van der Waals surface area contributed by atoms with Crippen LogP contribution >= 0.6 is 0 Å². The SMILES string of the molecule is CCCCCCOCCOCCOCCOCCOCCOCCOCCOCCOCCO[Si](C)(C)C. The first-order valence-corrected chi connectivity index (χ1v) is 17.8. The molecule has 0 aliphatic carbocycles. The summed E-state index contributed by atoms with van der Waals surface area (Å²) in [6.07, 6.45) is 4.91. The topological polar surface area (TPSA) is 92.3 Å². The van der Waals surface area contributed by atoms with Crippen molar-refractivity contribution >= 4 is 8.32 Å². The van der Waals surface area contributed by atoms with Gasteiger partial charge in [-0.15, -0.1) is 0 Å². The van der Waals surface area contributed by atoms with E-state index in [-0.39, 0.29) is 0 Å². The molecule has 0 heterocycles. The van der Waals surface area contributed by atoms with Crippen molar-refractivity contribution < 1.29 is 47.1 Å². The molecule has 0 atom stereocenters. The number of hydrogen-bond donors (Lipinski definition) is 0. The van der Waals surface area contributed by atoms with Crippen LogP contribution < -0.4 is 0 Å². The first kappa shape index (κ1) is 37.8. The van der Waals surface area contributed by atoms with Crippen LogP contribution in [0.2, 0.25) is 19.6 Å². The van der Waals surface area contributed by atoms with Gasteiger partial charge in [0.25, 0.3) is 0 Å². The van der Waals surface area contributed by atoms with Crippen molar-refractivity contribution in [2.24, 2.45) is 0 Å². The van der Waals surface area contributed by atoms with E-state index in [1.165, 1.54) is 19.3 Å². The molecular formula is C27H58O10Si. The number of rotatable bonds is 33. The Morgan fingerprint density at radius 2 is 0.579 bits per heavy atom. The van der Waals surface area contributed by atoms with Crippen molar-refractivity contribution in [2.75, 3.05) is 126 Å². The van der Waals surface area contributed by atoms with E-state index in [4.69, 9.17) is 47.1 Å². The zero-order valence-corrected chi connectivity index (χ0v) is 25.8. The van der Waals surface area contributed by atoms with Crippen LogP contribution in [0.4, 0.5) is 0 Å². The lowest BCUT2D eigenvalue weighted by Crippen LogP contribution is -2.27. The second kappa shape index (κ2) is 31.3. The Kier molecular flexibility index (Phi) is 31.2. The molecule has 0 radical (unpaired) electrons. The molecule has 0 aromatic carbocycles. The molecule has 0 unspecified atom stereocenters. The number of hydrogen-bond acceptors (Lipinski definition) is 10. The molecule has 0 amide bonds. The molecule has 0 aromatic rings. The maximum absolute atomic E-state index is 5.71. The molecule has 0 aromatic heterocycles. The summed E-state index contributed by atoms with van der Waals surface area (Å²) in [4.78, 5) is 0. The van der Waals surface area contributed by atoms with Gasteiger partial charge in [0.1, 0.15) is 0 Å². The third kappa shape index (κ3) is 35.8. The van der Waals surface area contributed by atoms with Crippen LogP contribution in [0.25, 0.3) is 0 Å². The second-order valence-electron chi connectivity index (χ2n) is 9.53. The fraction of sp³-hybridized carbons (Fsp3) is 1.00. The van der Waals surface area contributed by atoms with E-state index in [1.807, 2.05) is 0 Å². The second-order valence-corrected chi connectivity index (χ2v) is 14.0. The van der Waals surface area contributed by atoms with Gasteiger partial charge in [-0.2, -0.15) is 0 Å². The van der Waals surface area contributed by atoms with Gasteiger partial charge in [-0.1, -0.05) is 26.2 Å². The lowest BCUT2D eigenvalue weighted by Gasteiger charge is -2.16. The number of ether oxygens (including phenoxy) is 9. The normalized spacial score (nSPS) is 12.0. The predicted molar refractivity (Wildman–Crippen MR) is 151 cm³/mol. The largest absolute Gasteiger partial charge is 0.415 e. The molecule has 0 fully saturated rings. The molecule has 0 bridgehead atoms. The Bertz CT molecular complexity index is 441. The molecule has 0 aliphatic heterocycles. The first-order chi connectivity index (χ1) is 18.6. The van der Waals surface area contributed by atoms with Crippen molar-refractivity contribution in [3.8, 4) is 0 Å². The first-order valence-electron chi connectivity index (χ1n) is 14.4. The molecule has 230 valence electrons. The zero-order valence-electron chi connectivity index (χ0n) is 24.8. The molecule has 11 heteroatoms. The van der Waals surface area contributed by atoms with Gasteiger partial charge in [0.2, 0.25) is 0 Å². The van der Waals surface area contributed by atoms with Crippen LogP contribution in [-0.2, 0) is 47.1 Å². The third-order valence-electron chi connectivity index (χ3n) is 4.88. The number of unbranched alkanes of at least 4 members (excludes halogenated alkanes) is 3. The van der Waals surface area contributed by atoms with Gasteiger partial charge >= 0.3 is 0 Å². The van der Waals surface area contributed by atoms with Crippen molar-refractivity contribution in [2.45, 2.75) is 52.2 Å². The lowest BCUT2D eigenvalue weighted by atomic mass is 10.2. The van der Waals surface area contributed by atoms with Gasteiger partial charge in [0.05, 0.1) is 119 Å². The van der Waals surface area contributed by atoms with Crippen LogP contribution in [0.15, 0.2) is 0 Å². The molecule has 0 aliphatic rings. The Morgan fingerprint density at radius 1 is 0.316 bits per heavy atom. The average molecular weight is 571 g/mol. The van der Waals surface area contributed by atoms with Crippen LogP contribution in [-0.4, -0.2) is 134 Å². The highest BCUT2D eigenvalue weighted by Crippen LogP contribution is 2.01. The Hall–Kier alpha value is -0.183.